The summed E-state index contributed by atoms with van der Waals surface area (Å²) in [5.41, 5.74) is 0. The Morgan fingerprint density at radius 2 is 2.14 bits per heavy atom. The van der Waals surface area contributed by atoms with Gasteiger partial charge in [-0.2, -0.15) is 0 Å². The lowest BCUT2D eigenvalue weighted by Gasteiger charge is -2.27. The normalized spacial score (nSPS) is 31.6. The van der Waals surface area contributed by atoms with E-state index in [-0.39, 0.29) is 18.9 Å². The summed E-state index contributed by atoms with van der Waals surface area (Å²) in [5.74, 6) is 0.128. The Balaban J connectivity index is 2.05. The second-order valence-electron chi connectivity index (χ2n) is 4.15. The van der Waals surface area contributed by atoms with Gasteiger partial charge < -0.3 is 15.3 Å². The van der Waals surface area contributed by atoms with E-state index in [0.717, 1.165) is 32.4 Å². The van der Waals surface area contributed by atoms with Crippen LogP contribution in [0.1, 0.15) is 25.7 Å². The number of nitrogens with one attached hydrogen (secondary N) is 1. The quantitative estimate of drug-likeness (QED) is 0.642. The van der Waals surface area contributed by atoms with Gasteiger partial charge in [0.1, 0.15) is 0 Å². The van der Waals surface area contributed by atoms with Crippen molar-refractivity contribution in [1.29, 1.82) is 0 Å². The zero-order valence-corrected chi connectivity index (χ0v) is 8.41. The summed E-state index contributed by atoms with van der Waals surface area (Å²) in [4.78, 5) is 13.8. The van der Waals surface area contributed by atoms with Gasteiger partial charge in [0.05, 0.1) is 6.61 Å². The molecule has 2 aliphatic heterocycles. The average Bonchev–Trinajstić information content (AvgIpc) is 2.40. The molecule has 2 heterocycles. The van der Waals surface area contributed by atoms with Gasteiger partial charge in [0.15, 0.2) is 0 Å². The molecule has 2 aliphatic rings. The molecule has 1 amide bonds. The summed E-state index contributed by atoms with van der Waals surface area (Å²) in [6.45, 7) is 1.92. The van der Waals surface area contributed by atoms with E-state index in [9.17, 15) is 4.79 Å². The zero-order valence-electron chi connectivity index (χ0n) is 8.41. The van der Waals surface area contributed by atoms with Crippen LogP contribution in [0.2, 0.25) is 0 Å². The first-order valence-electron chi connectivity index (χ1n) is 5.45. The van der Waals surface area contributed by atoms with Crippen molar-refractivity contribution in [3.05, 3.63) is 0 Å². The SMILES string of the molecule is O=C(CCO)N1[C@H]2CCNC[C@@H]1CC2. The molecule has 4 nitrogen and oxygen atoms in total. The molecule has 0 aromatic heterocycles. The molecule has 2 atom stereocenters. The summed E-state index contributed by atoms with van der Waals surface area (Å²) in [7, 11) is 0. The largest absolute Gasteiger partial charge is 0.396 e. The minimum Gasteiger partial charge on any atom is -0.396 e. The van der Waals surface area contributed by atoms with Gasteiger partial charge in [-0.25, -0.2) is 0 Å². The lowest BCUT2D eigenvalue weighted by Crippen LogP contribution is -2.42. The Morgan fingerprint density at radius 1 is 1.36 bits per heavy atom. The van der Waals surface area contributed by atoms with Crippen LogP contribution in [0, 0.1) is 0 Å². The molecule has 0 aromatic carbocycles. The second kappa shape index (κ2) is 4.28. The number of fused-ring (bicyclic) bond motifs is 2. The maximum absolute atomic E-state index is 11.7. The van der Waals surface area contributed by atoms with Gasteiger partial charge in [0, 0.05) is 25.0 Å². The third-order valence-electron chi connectivity index (χ3n) is 3.27. The van der Waals surface area contributed by atoms with Crippen LogP contribution >= 0.6 is 0 Å². The lowest BCUT2D eigenvalue weighted by atomic mass is 10.1. The van der Waals surface area contributed by atoms with Crippen molar-refractivity contribution in [2.24, 2.45) is 0 Å². The predicted molar refractivity (Wildman–Crippen MR) is 52.8 cm³/mol. The Kier molecular flexibility index (Phi) is 3.03. The zero-order chi connectivity index (χ0) is 9.97. The van der Waals surface area contributed by atoms with E-state index in [1.807, 2.05) is 4.90 Å². The van der Waals surface area contributed by atoms with E-state index < -0.39 is 0 Å². The van der Waals surface area contributed by atoms with Gasteiger partial charge in [-0.3, -0.25) is 4.79 Å². The molecule has 0 unspecified atom stereocenters. The highest BCUT2D eigenvalue weighted by Gasteiger charge is 2.37. The van der Waals surface area contributed by atoms with Crippen LogP contribution in [0.4, 0.5) is 0 Å². The minimum absolute atomic E-state index is 0.0256. The Bertz CT molecular complexity index is 206. The summed E-state index contributed by atoms with van der Waals surface area (Å²) < 4.78 is 0. The number of hydrogen-bond acceptors (Lipinski definition) is 3. The van der Waals surface area contributed by atoms with Crippen molar-refractivity contribution in [3.63, 3.8) is 0 Å². The van der Waals surface area contributed by atoms with Gasteiger partial charge in [0.2, 0.25) is 5.91 Å². The van der Waals surface area contributed by atoms with E-state index >= 15 is 0 Å². The molecule has 0 aromatic rings. The smallest absolute Gasteiger partial charge is 0.225 e. The Labute approximate surface area is 84.3 Å². The van der Waals surface area contributed by atoms with Crippen LogP contribution in [-0.4, -0.2) is 47.7 Å². The number of nitrogens with zero attached hydrogens (tertiary/aromatic N) is 1. The minimum atomic E-state index is -0.0256. The maximum Gasteiger partial charge on any atom is 0.225 e. The fraction of sp³-hybridized carbons (Fsp3) is 0.900. The number of rotatable bonds is 2. The van der Waals surface area contributed by atoms with Crippen LogP contribution in [0.15, 0.2) is 0 Å². The molecule has 0 aliphatic carbocycles. The first-order valence-corrected chi connectivity index (χ1v) is 5.45. The van der Waals surface area contributed by atoms with Gasteiger partial charge in [-0.15, -0.1) is 0 Å². The van der Waals surface area contributed by atoms with Crippen molar-refractivity contribution in [1.82, 2.24) is 10.2 Å². The van der Waals surface area contributed by atoms with E-state index in [2.05, 4.69) is 5.32 Å². The highest BCUT2D eigenvalue weighted by Crippen LogP contribution is 2.28. The van der Waals surface area contributed by atoms with E-state index in [0.29, 0.717) is 12.1 Å². The molecular formula is C10H18N2O2. The fourth-order valence-electron chi connectivity index (χ4n) is 2.61. The van der Waals surface area contributed by atoms with Crippen molar-refractivity contribution >= 4 is 5.91 Å². The molecule has 2 bridgehead atoms. The number of aliphatic hydroxyl groups excluding tert-OH is 1. The van der Waals surface area contributed by atoms with Crippen LogP contribution in [-0.2, 0) is 4.79 Å². The van der Waals surface area contributed by atoms with Crippen LogP contribution in [0.25, 0.3) is 0 Å². The molecule has 0 saturated carbocycles. The lowest BCUT2D eigenvalue weighted by molar-refractivity contribution is -0.134. The van der Waals surface area contributed by atoms with Crippen LogP contribution in [0.3, 0.4) is 0 Å². The summed E-state index contributed by atoms with van der Waals surface area (Å²) in [6.07, 6.45) is 3.61. The molecule has 2 fully saturated rings. The molecule has 4 heteroatoms. The topological polar surface area (TPSA) is 52.6 Å². The molecule has 0 radical (unpaired) electrons. The first-order chi connectivity index (χ1) is 6.83. The van der Waals surface area contributed by atoms with E-state index in [1.54, 1.807) is 0 Å². The summed E-state index contributed by atoms with van der Waals surface area (Å²) >= 11 is 0. The number of aliphatic hydroxyl groups is 1. The van der Waals surface area contributed by atoms with Crippen molar-refractivity contribution in [3.8, 4) is 0 Å². The molecule has 2 rings (SSSR count). The van der Waals surface area contributed by atoms with Crippen LogP contribution in [0.5, 0.6) is 0 Å². The monoisotopic (exact) mass is 198 g/mol. The molecule has 2 saturated heterocycles. The summed E-state index contributed by atoms with van der Waals surface area (Å²) in [6, 6.07) is 0.801. The molecule has 2 N–H and O–H groups in total. The van der Waals surface area contributed by atoms with E-state index in [4.69, 9.17) is 5.11 Å². The van der Waals surface area contributed by atoms with Crippen LogP contribution < -0.4 is 5.32 Å². The van der Waals surface area contributed by atoms with Gasteiger partial charge >= 0.3 is 0 Å². The van der Waals surface area contributed by atoms with Gasteiger partial charge in [-0.1, -0.05) is 0 Å². The Morgan fingerprint density at radius 3 is 2.93 bits per heavy atom. The van der Waals surface area contributed by atoms with Gasteiger partial charge in [0.25, 0.3) is 0 Å². The highest BCUT2D eigenvalue weighted by molar-refractivity contribution is 5.77. The number of carbonyl (C=O) groups is 1. The second-order valence-corrected chi connectivity index (χ2v) is 4.15. The molecule has 80 valence electrons. The predicted octanol–water partition coefficient (Wildman–Crippen LogP) is -0.278. The number of carbonyl (C=O) groups excluding carboxylic acids is 1. The van der Waals surface area contributed by atoms with Gasteiger partial charge in [-0.05, 0) is 25.8 Å². The summed E-state index contributed by atoms with van der Waals surface area (Å²) in [5, 5.41) is 12.1. The molecule has 0 spiro atoms. The standard InChI is InChI=1S/C10H18N2O2/c13-6-4-10(14)12-8-1-2-9(12)7-11-5-3-8/h8-9,11,13H,1-7H2/t8-,9+/m1/s1. The fourth-order valence-corrected chi connectivity index (χ4v) is 2.61. The first kappa shape index (κ1) is 9.93. The highest BCUT2D eigenvalue weighted by atomic mass is 16.3. The number of hydrogen-bond donors (Lipinski definition) is 2. The van der Waals surface area contributed by atoms with E-state index in [1.165, 1.54) is 0 Å². The third-order valence-corrected chi connectivity index (χ3v) is 3.27. The maximum atomic E-state index is 11.7. The average molecular weight is 198 g/mol. The Hall–Kier alpha value is -0.610. The molecule has 14 heavy (non-hydrogen) atoms. The van der Waals surface area contributed by atoms with Crippen molar-refractivity contribution in [2.45, 2.75) is 37.8 Å². The third kappa shape index (κ3) is 1.77. The molecular weight excluding hydrogens is 180 g/mol. The van der Waals surface area contributed by atoms with Crippen molar-refractivity contribution < 1.29 is 9.90 Å². The number of amides is 1. The van der Waals surface area contributed by atoms with Crippen molar-refractivity contribution in [2.75, 3.05) is 19.7 Å².